The quantitative estimate of drug-likeness (QED) is 0.311. The maximum Gasteiger partial charge on any atom is 0.362 e. The van der Waals surface area contributed by atoms with Gasteiger partial charge < -0.3 is 20.1 Å². The molecule has 7 heteroatoms. The van der Waals surface area contributed by atoms with Crippen LogP contribution in [0.2, 0.25) is 0 Å². The predicted octanol–water partition coefficient (Wildman–Crippen LogP) is 1.02. The first kappa shape index (κ1) is 22.1. The Morgan fingerprint density at radius 3 is 1.83 bits per heavy atom. The largest absolute Gasteiger partial charge is 0.544 e. The van der Waals surface area contributed by atoms with Gasteiger partial charge in [-0.3, -0.25) is 4.48 Å². The van der Waals surface area contributed by atoms with Crippen molar-refractivity contribution in [2.75, 3.05) is 6.54 Å². The average Bonchev–Trinajstić information content (AvgIpc) is 2.52. The van der Waals surface area contributed by atoms with E-state index in [0.29, 0.717) is 0 Å². The highest BCUT2D eigenvalue weighted by Crippen LogP contribution is 2.26. The van der Waals surface area contributed by atoms with Crippen LogP contribution in [0, 0.1) is 0 Å². The van der Waals surface area contributed by atoms with Gasteiger partial charge in [-0.25, -0.2) is 9.59 Å². The summed E-state index contributed by atoms with van der Waals surface area (Å²) in [5, 5.41) is 30.2. The zero-order chi connectivity index (χ0) is 18.9. The molecule has 0 aliphatic carbocycles. The molecule has 2 N–H and O–H groups in total. The number of quaternary nitrogens is 1. The molecule has 0 saturated heterocycles. The van der Waals surface area contributed by atoms with E-state index >= 15 is 0 Å². The van der Waals surface area contributed by atoms with E-state index in [4.69, 9.17) is 0 Å². The van der Waals surface area contributed by atoms with E-state index in [1.54, 1.807) is 6.08 Å². The zero-order valence-corrected chi connectivity index (χ0v) is 14.9. The van der Waals surface area contributed by atoms with Crippen LogP contribution in [0.15, 0.2) is 12.2 Å². The van der Waals surface area contributed by atoms with Gasteiger partial charge in [0.05, 0.1) is 12.5 Å². The number of carbonyl (C=O) groups excluding carboxylic acids is 1. The molecule has 24 heavy (non-hydrogen) atoms. The third-order valence-corrected chi connectivity index (χ3v) is 4.78. The Labute approximate surface area is 143 Å². The van der Waals surface area contributed by atoms with E-state index in [9.17, 15) is 29.7 Å². The fourth-order valence-electron chi connectivity index (χ4n) is 2.98. The summed E-state index contributed by atoms with van der Waals surface area (Å²) >= 11 is 0. The third kappa shape index (κ3) is 5.33. The number of rotatable bonds is 12. The minimum atomic E-state index is -1.46. The molecule has 0 radical (unpaired) electrons. The SMILES string of the molecule is CCCCC/C=C/C[N+](C(C)C(=O)[O-])(C(C)C(=O)O)C(C)C(=O)O. The van der Waals surface area contributed by atoms with Crippen LogP contribution in [0.5, 0.6) is 0 Å². The second-order valence-electron chi connectivity index (χ2n) is 6.17. The summed E-state index contributed by atoms with van der Waals surface area (Å²) in [6.45, 7) is 6.07. The monoisotopic (exact) mass is 343 g/mol. The van der Waals surface area contributed by atoms with Gasteiger partial charge in [0.15, 0.2) is 12.1 Å². The Balaban J connectivity index is 5.69. The van der Waals surface area contributed by atoms with E-state index in [1.807, 2.05) is 6.08 Å². The summed E-state index contributed by atoms with van der Waals surface area (Å²) in [5.74, 6) is -3.94. The van der Waals surface area contributed by atoms with Gasteiger partial charge in [0.1, 0.15) is 6.04 Å². The summed E-state index contributed by atoms with van der Waals surface area (Å²) in [6.07, 6.45) is 7.45. The number of unbranched alkanes of at least 4 members (excludes halogenated alkanes) is 3. The van der Waals surface area contributed by atoms with Crippen LogP contribution < -0.4 is 5.11 Å². The van der Waals surface area contributed by atoms with Gasteiger partial charge in [-0.05, 0) is 39.7 Å². The molecule has 0 amide bonds. The number of hydrogen-bond donors (Lipinski definition) is 2. The highest BCUT2D eigenvalue weighted by molar-refractivity contribution is 5.77. The van der Waals surface area contributed by atoms with Crippen molar-refractivity contribution in [3.8, 4) is 0 Å². The molecule has 3 unspecified atom stereocenters. The van der Waals surface area contributed by atoms with E-state index < -0.39 is 40.5 Å². The maximum absolute atomic E-state index is 11.5. The molecule has 0 saturated carbocycles. The van der Waals surface area contributed by atoms with E-state index in [1.165, 1.54) is 20.8 Å². The first-order valence-electron chi connectivity index (χ1n) is 8.31. The predicted molar refractivity (Wildman–Crippen MR) is 87.1 cm³/mol. The van der Waals surface area contributed by atoms with Crippen LogP contribution in [0.25, 0.3) is 0 Å². The van der Waals surface area contributed by atoms with Crippen LogP contribution in [0.3, 0.4) is 0 Å². The molecule has 3 atom stereocenters. The van der Waals surface area contributed by atoms with Crippen molar-refractivity contribution in [3.05, 3.63) is 12.2 Å². The molecular weight excluding hydrogens is 314 g/mol. The Hall–Kier alpha value is -1.89. The lowest BCUT2D eigenvalue weighted by Crippen LogP contribution is -2.71. The molecule has 0 aromatic heterocycles. The number of carboxylic acid groups (broad SMARTS) is 3. The second-order valence-corrected chi connectivity index (χ2v) is 6.17. The van der Waals surface area contributed by atoms with Gasteiger partial charge >= 0.3 is 11.9 Å². The Morgan fingerprint density at radius 2 is 1.46 bits per heavy atom. The summed E-state index contributed by atoms with van der Waals surface area (Å²) in [7, 11) is 0. The lowest BCUT2D eigenvalue weighted by molar-refractivity contribution is -0.964. The van der Waals surface area contributed by atoms with Crippen molar-refractivity contribution in [3.63, 3.8) is 0 Å². The molecule has 0 spiro atoms. The molecule has 7 nitrogen and oxygen atoms in total. The van der Waals surface area contributed by atoms with Gasteiger partial charge in [-0.15, -0.1) is 0 Å². The van der Waals surface area contributed by atoms with Gasteiger partial charge in [-0.2, -0.15) is 0 Å². The van der Waals surface area contributed by atoms with Gasteiger partial charge in [0.2, 0.25) is 0 Å². The molecule has 138 valence electrons. The summed E-state index contributed by atoms with van der Waals surface area (Å²) in [5.41, 5.74) is 0. The topological polar surface area (TPSA) is 115 Å². The van der Waals surface area contributed by atoms with Gasteiger partial charge in [0, 0.05) is 0 Å². The molecule has 0 fully saturated rings. The standard InChI is InChI=1S/C17H29NO6/c1-5-6-7-8-9-10-11-18(12(2)15(19)20,13(3)16(21)22)14(4)17(23)24/h9-10,12-14H,5-8,11H2,1-4H3,(H2-,19,20,21,22,23,24)/b10-9+. The van der Waals surface area contributed by atoms with Crippen molar-refractivity contribution in [2.24, 2.45) is 0 Å². The number of carboxylic acids is 3. The van der Waals surface area contributed by atoms with Gasteiger partial charge in [-0.1, -0.05) is 25.8 Å². The minimum Gasteiger partial charge on any atom is -0.544 e. The number of aliphatic carboxylic acids is 3. The van der Waals surface area contributed by atoms with Crippen molar-refractivity contribution in [2.45, 2.75) is 71.5 Å². The smallest absolute Gasteiger partial charge is 0.362 e. The number of allylic oxidation sites excluding steroid dienone is 1. The van der Waals surface area contributed by atoms with Crippen molar-refractivity contribution >= 4 is 17.9 Å². The fraction of sp³-hybridized carbons (Fsp3) is 0.706. The van der Waals surface area contributed by atoms with Crippen LogP contribution in [-0.4, -0.2) is 57.3 Å². The molecule has 0 aromatic carbocycles. The Kier molecular flexibility index (Phi) is 9.28. The molecule has 0 aliphatic rings. The lowest BCUT2D eigenvalue weighted by atomic mass is 10.0. The molecule has 0 bridgehead atoms. The first-order chi connectivity index (χ1) is 11.1. The van der Waals surface area contributed by atoms with Gasteiger partial charge in [0.25, 0.3) is 0 Å². The number of nitrogens with zero attached hydrogens (tertiary/aromatic N) is 1. The summed E-state index contributed by atoms with van der Waals surface area (Å²) < 4.78 is -0.628. The fourth-order valence-corrected chi connectivity index (χ4v) is 2.98. The van der Waals surface area contributed by atoms with Crippen LogP contribution in [0.4, 0.5) is 0 Å². The zero-order valence-electron chi connectivity index (χ0n) is 14.9. The molecule has 0 rings (SSSR count). The normalized spacial score (nSPS) is 17.8. The van der Waals surface area contributed by atoms with Crippen molar-refractivity contribution in [1.29, 1.82) is 0 Å². The minimum absolute atomic E-state index is 0.00219. The van der Waals surface area contributed by atoms with E-state index in [-0.39, 0.29) is 6.54 Å². The first-order valence-corrected chi connectivity index (χ1v) is 8.31. The molecule has 0 aliphatic heterocycles. The Bertz CT molecular complexity index is 423. The van der Waals surface area contributed by atoms with Crippen LogP contribution in [-0.2, 0) is 14.4 Å². The van der Waals surface area contributed by atoms with E-state index in [0.717, 1.165) is 25.7 Å². The maximum atomic E-state index is 11.5. The van der Waals surface area contributed by atoms with Crippen LogP contribution >= 0.6 is 0 Å². The highest BCUT2D eigenvalue weighted by atomic mass is 16.4. The Morgan fingerprint density at radius 1 is 0.958 bits per heavy atom. The van der Waals surface area contributed by atoms with E-state index in [2.05, 4.69) is 6.92 Å². The number of hydrogen-bond acceptors (Lipinski definition) is 4. The van der Waals surface area contributed by atoms with Crippen molar-refractivity contribution < 1.29 is 34.2 Å². The third-order valence-electron chi connectivity index (χ3n) is 4.78. The molecular formula is C17H29NO6. The number of carbonyl (C=O) groups is 3. The van der Waals surface area contributed by atoms with Crippen LogP contribution in [0.1, 0.15) is 53.4 Å². The molecule has 0 heterocycles. The second kappa shape index (κ2) is 10.1. The molecule has 0 aromatic rings. The summed E-state index contributed by atoms with van der Waals surface area (Å²) in [6, 6.07) is -3.68. The van der Waals surface area contributed by atoms with Crippen molar-refractivity contribution in [1.82, 2.24) is 0 Å². The average molecular weight is 343 g/mol. The summed E-state index contributed by atoms with van der Waals surface area (Å²) in [4.78, 5) is 34.5. The lowest BCUT2D eigenvalue weighted by Gasteiger charge is -2.48. The highest BCUT2D eigenvalue weighted by Gasteiger charge is 2.50.